The van der Waals surface area contributed by atoms with E-state index < -0.39 is 0 Å². The van der Waals surface area contributed by atoms with Crippen molar-refractivity contribution >= 4 is 16.8 Å². The first-order chi connectivity index (χ1) is 9.26. The van der Waals surface area contributed by atoms with E-state index in [1.54, 1.807) is 11.0 Å². The molecule has 102 valence electrons. The van der Waals surface area contributed by atoms with E-state index in [0.717, 1.165) is 10.9 Å². The van der Waals surface area contributed by atoms with Gasteiger partial charge >= 0.3 is 0 Å². The van der Waals surface area contributed by atoms with Gasteiger partial charge in [0, 0.05) is 30.6 Å². The Morgan fingerprint density at radius 1 is 1.16 bits per heavy atom. The van der Waals surface area contributed by atoms with E-state index in [9.17, 15) is 4.79 Å². The molecule has 5 nitrogen and oxygen atoms in total. The number of amides is 1. The maximum Gasteiger partial charge on any atom is 0.270 e. The van der Waals surface area contributed by atoms with E-state index in [2.05, 4.69) is 4.98 Å². The van der Waals surface area contributed by atoms with E-state index in [4.69, 9.17) is 10.2 Å². The summed E-state index contributed by atoms with van der Waals surface area (Å²) >= 11 is 0. The number of aliphatic hydroxyl groups is 2. The second-order valence-electron chi connectivity index (χ2n) is 4.36. The van der Waals surface area contributed by atoms with Gasteiger partial charge in [0.25, 0.3) is 5.91 Å². The number of nitrogens with zero attached hydrogens (tertiary/aromatic N) is 1. The van der Waals surface area contributed by atoms with Crippen LogP contribution in [0.15, 0.2) is 30.3 Å². The van der Waals surface area contributed by atoms with Crippen LogP contribution in [0.5, 0.6) is 0 Å². The van der Waals surface area contributed by atoms with Crippen LogP contribution < -0.4 is 0 Å². The number of hydrogen-bond acceptors (Lipinski definition) is 3. The molecule has 0 unspecified atom stereocenters. The third-order valence-corrected chi connectivity index (χ3v) is 3.00. The van der Waals surface area contributed by atoms with E-state index in [0.29, 0.717) is 18.7 Å². The maximum atomic E-state index is 12.3. The topological polar surface area (TPSA) is 76.6 Å². The Kier molecular flexibility index (Phi) is 4.54. The summed E-state index contributed by atoms with van der Waals surface area (Å²) in [4.78, 5) is 16.9. The number of aliphatic hydroxyl groups excluding tert-OH is 2. The molecular weight excluding hydrogens is 244 g/mol. The van der Waals surface area contributed by atoms with Crippen molar-refractivity contribution in [2.24, 2.45) is 0 Å². The van der Waals surface area contributed by atoms with Gasteiger partial charge in [-0.15, -0.1) is 0 Å². The fourth-order valence-corrected chi connectivity index (χ4v) is 2.06. The minimum atomic E-state index is -0.154. The van der Waals surface area contributed by atoms with Gasteiger partial charge in [-0.1, -0.05) is 18.2 Å². The van der Waals surface area contributed by atoms with Gasteiger partial charge < -0.3 is 20.1 Å². The highest BCUT2D eigenvalue weighted by Gasteiger charge is 2.16. The minimum absolute atomic E-state index is 0.0297. The second-order valence-corrected chi connectivity index (χ2v) is 4.36. The number of para-hydroxylation sites is 1. The molecule has 2 rings (SSSR count). The van der Waals surface area contributed by atoms with Crippen molar-refractivity contribution in [1.82, 2.24) is 9.88 Å². The molecule has 0 bridgehead atoms. The number of benzene rings is 1. The molecule has 0 atom stereocenters. The first-order valence-corrected chi connectivity index (χ1v) is 6.35. The molecule has 0 aliphatic carbocycles. The first kappa shape index (κ1) is 13.6. The van der Waals surface area contributed by atoms with Gasteiger partial charge in [0.15, 0.2) is 0 Å². The summed E-state index contributed by atoms with van der Waals surface area (Å²) in [5.41, 5.74) is 1.42. The quantitative estimate of drug-likeness (QED) is 0.726. The molecule has 1 amide bonds. The van der Waals surface area contributed by atoms with Crippen molar-refractivity contribution < 1.29 is 15.0 Å². The van der Waals surface area contributed by atoms with Crippen molar-refractivity contribution in [3.63, 3.8) is 0 Å². The summed E-state index contributed by atoms with van der Waals surface area (Å²) < 4.78 is 0. The highest BCUT2D eigenvalue weighted by Crippen LogP contribution is 2.16. The third kappa shape index (κ3) is 3.13. The average molecular weight is 262 g/mol. The SMILES string of the molecule is O=C(c1cc2ccccc2[nH]1)N(CCO)CCCO. The van der Waals surface area contributed by atoms with E-state index in [1.165, 1.54) is 0 Å². The number of nitrogens with one attached hydrogen (secondary N) is 1. The van der Waals surface area contributed by atoms with Crippen molar-refractivity contribution in [1.29, 1.82) is 0 Å². The van der Waals surface area contributed by atoms with Gasteiger partial charge in [0.1, 0.15) is 5.69 Å². The first-order valence-electron chi connectivity index (χ1n) is 6.35. The summed E-state index contributed by atoms with van der Waals surface area (Å²) in [6.07, 6.45) is 0.506. The van der Waals surface area contributed by atoms with Crippen LogP contribution in [0.4, 0.5) is 0 Å². The Bertz CT molecular complexity index is 517. The Hall–Kier alpha value is -1.85. The zero-order chi connectivity index (χ0) is 13.7. The smallest absolute Gasteiger partial charge is 0.270 e. The summed E-state index contributed by atoms with van der Waals surface area (Å²) in [6, 6.07) is 9.48. The van der Waals surface area contributed by atoms with Crippen LogP contribution in [0.1, 0.15) is 16.9 Å². The lowest BCUT2D eigenvalue weighted by atomic mass is 10.2. The van der Waals surface area contributed by atoms with Crippen LogP contribution in [0.2, 0.25) is 0 Å². The number of carbonyl (C=O) groups is 1. The van der Waals surface area contributed by atoms with E-state index >= 15 is 0 Å². The van der Waals surface area contributed by atoms with Gasteiger partial charge in [-0.3, -0.25) is 4.79 Å². The van der Waals surface area contributed by atoms with Crippen molar-refractivity contribution in [2.75, 3.05) is 26.3 Å². The summed E-state index contributed by atoms with van der Waals surface area (Å²) in [5, 5.41) is 18.8. The minimum Gasteiger partial charge on any atom is -0.396 e. The number of carbonyl (C=O) groups excluding carboxylic acids is 1. The summed E-state index contributed by atoms with van der Waals surface area (Å²) in [5.74, 6) is -0.154. The zero-order valence-corrected chi connectivity index (χ0v) is 10.7. The van der Waals surface area contributed by atoms with Gasteiger partial charge in [-0.05, 0) is 18.6 Å². The van der Waals surface area contributed by atoms with Crippen LogP contribution in [0.25, 0.3) is 10.9 Å². The molecule has 0 fully saturated rings. The van der Waals surface area contributed by atoms with Crippen LogP contribution in [-0.2, 0) is 0 Å². The van der Waals surface area contributed by atoms with Crippen molar-refractivity contribution in [2.45, 2.75) is 6.42 Å². The fraction of sp³-hybridized carbons (Fsp3) is 0.357. The Labute approximate surface area is 111 Å². The fourth-order valence-electron chi connectivity index (χ4n) is 2.06. The molecule has 2 aromatic rings. The standard InChI is InChI=1S/C14H18N2O3/c17-8-3-6-16(7-9-18)14(19)13-10-11-4-1-2-5-12(11)15-13/h1-2,4-5,10,15,17-18H,3,6-9H2. The highest BCUT2D eigenvalue weighted by atomic mass is 16.3. The van der Waals surface area contributed by atoms with Crippen LogP contribution >= 0.6 is 0 Å². The number of hydrogen-bond donors (Lipinski definition) is 3. The molecule has 5 heteroatoms. The summed E-state index contributed by atoms with van der Waals surface area (Å²) in [6.45, 7) is 0.652. The molecule has 0 radical (unpaired) electrons. The van der Waals surface area contributed by atoms with Gasteiger partial charge in [-0.2, -0.15) is 0 Å². The lowest BCUT2D eigenvalue weighted by Gasteiger charge is -2.20. The Morgan fingerprint density at radius 3 is 2.63 bits per heavy atom. The van der Waals surface area contributed by atoms with Crippen LogP contribution in [0.3, 0.4) is 0 Å². The van der Waals surface area contributed by atoms with Gasteiger partial charge in [0.2, 0.25) is 0 Å². The predicted molar refractivity (Wildman–Crippen MR) is 73.0 cm³/mol. The molecule has 0 aliphatic heterocycles. The largest absolute Gasteiger partial charge is 0.396 e. The number of rotatable bonds is 6. The average Bonchev–Trinajstić information content (AvgIpc) is 2.86. The molecule has 0 aliphatic rings. The third-order valence-electron chi connectivity index (χ3n) is 3.00. The number of aromatic amines is 1. The molecule has 0 saturated carbocycles. The van der Waals surface area contributed by atoms with Gasteiger partial charge in [0.05, 0.1) is 6.61 Å². The molecule has 1 aromatic carbocycles. The normalized spacial score (nSPS) is 10.8. The van der Waals surface area contributed by atoms with E-state index in [1.807, 2.05) is 24.3 Å². The molecule has 3 N–H and O–H groups in total. The Morgan fingerprint density at radius 2 is 1.95 bits per heavy atom. The second kappa shape index (κ2) is 6.36. The van der Waals surface area contributed by atoms with Crippen molar-refractivity contribution in [3.05, 3.63) is 36.0 Å². The number of H-pyrrole nitrogens is 1. The van der Waals surface area contributed by atoms with Crippen LogP contribution in [-0.4, -0.2) is 52.3 Å². The molecule has 1 heterocycles. The number of aromatic nitrogens is 1. The van der Waals surface area contributed by atoms with E-state index in [-0.39, 0.29) is 25.7 Å². The molecule has 19 heavy (non-hydrogen) atoms. The molecular formula is C14H18N2O3. The highest BCUT2D eigenvalue weighted by molar-refractivity contribution is 5.98. The Balaban J connectivity index is 2.19. The summed E-state index contributed by atoms with van der Waals surface area (Å²) in [7, 11) is 0. The van der Waals surface area contributed by atoms with Crippen molar-refractivity contribution in [3.8, 4) is 0 Å². The lowest BCUT2D eigenvalue weighted by molar-refractivity contribution is 0.0705. The number of fused-ring (bicyclic) bond motifs is 1. The molecule has 0 saturated heterocycles. The maximum absolute atomic E-state index is 12.3. The molecule has 1 aromatic heterocycles. The van der Waals surface area contributed by atoms with Gasteiger partial charge in [-0.25, -0.2) is 0 Å². The predicted octanol–water partition coefficient (Wildman–Crippen LogP) is 0.985. The van der Waals surface area contributed by atoms with Crippen LogP contribution in [0, 0.1) is 0 Å². The molecule has 0 spiro atoms. The monoisotopic (exact) mass is 262 g/mol. The zero-order valence-electron chi connectivity index (χ0n) is 10.7. The lowest BCUT2D eigenvalue weighted by Crippen LogP contribution is -2.35.